The Balaban J connectivity index is 1.63. The van der Waals surface area contributed by atoms with Crippen molar-refractivity contribution in [1.29, 1.82) is 0 Å². The van der Waals surface area contributed by atoms with E-state index in [0.29, 0.717) is 0 Å². The summed E-state index contributed by atoms with van der Waals surface area (Å²) < 4.78 is 77.6. The minimum Gasteiger partial charge on any atom is -0.400 e. The fourth-order valence-electron chi connectivity index (χ4n) is 4.59. The molecule has 0 aliphatic carbocycles. The molecule has 42 heavy (non-hydrogen) atoms. The van der Waals surface area contributed by atoms with Crippen LogP contribution in [0.4, 0.5) is 13.2 Å². The van der Waals surface area contributed by atoms with Gasteiger partial charge in [0.05, 0.1) is 6.61 Å². The van der Waals surface area contributed by atoms with Gasteiger partial charge in [-0.2, -0.15) is 21.6 Å². The van der Waals surface area contributed by atoms with E-state index in [1.165, 1.54) is 24.3 Å². The van der Waals surface area contributed by atoms with Gasteiger partial charge in [0.15, 0.2) is 11.5 Å². The Hall–Kier alpha value is -3.87. The van der Waals surface area contributed by atoms with Crippen molar-refractivity contribution in [1.82, 2.24) is 9.97 Å². The maximum atomic E-state index is 13.9. The molecule has 0 bridgehead atoms. The Morgan fingerprint density at radius 1 is 0.833 bits per heavy atom. The van der Waals surface area contributed by atoms with Crippen LogP contribution in [0.3, 0.4) is 0 Å². The maximum Gasteiger partial charge on any atom is 0.437 e. The first kappa shape index (κ1) is 31.1. The summed E-state index contributed by atoms with van der Waals surface area (Å²) in [6.07, 6.45) is -3.20. The van der Waals surface area contributed by atoms with E-state index in [1.807, 2.05) is 60.7 Å². The van der Waals surface area contributed by atoms with Crippen LogP contribution in [0, 0.1) is 6.92 Å². The maximum absolute atomic E-state index is 13.9. The first-order valence-electron chi connectivity index (χ1n) is 13.0. The third kappa shape index (κ3) is 6.77. The van der Waals surface area contributed by atoms with Gasteiger partial charge in [-0.05, 0) is 34.5 Å². The normalized spacial score (nSPS) is 13.2. The van der Waals surface area contributed by atoms with Crippen LogP contribution in [-0.2, 0) is 25.4 Å². The molecular formula is C30H30F3N3O4SSi. The molecule has 4 aromatic rings. The fourth-order valence-corrected chi connectivity index (χ4v) is 9.82. The number of aryl methyl sites for hydroxylation is 1. The highest BCUT2D eigenvalue weighted by Crippen LogP contribution is 2.37. The van der Waals surface area contributed by atoms with Crippen molar-refractivity contribution in [3.63, 3.8) is 0 Å². The van der Waals surface area contributed by atoms with Gasteiger partial charge in [-0.25, -0.2) is 9.97 Å². The third-order valence-electron chi connectivity index (χ3n) is 6.62. The van der Waals surface area contributed by atoms with Gasteiger partial charge < -0.3 is 4.43 Å². The molecule has 1 aromatic heterocycles. The highest BCUT2D eigenvalue weighted by atomic mass is 32.2. The van der Waals surface area contributed by atoms with E-state index in [-0.39, 0.29) is 22.4 Å². The van der Waals surface area contributed by atoms with Crippen LogP contribution in [0.2, 0.25) is 5.04 Å². The number of hydrogen-bond acceptors (Lipinski definition) is 7. The molecule has 220 valence electrons. The van der Waals surface area contributed by atoms with Gasteiger partial charge in [0, 0.05) is 18.0 Å². The molecule has 0 N–H and O–H groups in total. The molecule has 0 unspecified atom stereocenters. The van der Waals surface area contributed by atoms with Crippen molar-refractivity contribution in [2.45, 2.75) is 50.4 Å². The number of alkyl halides is 3. The Morgan fingerprint density at radius 2 is 1.33 bits per heavy atom. The number of aromatic nitrogens is 2. The molecule has 7 nitrogen and oxygen atoms in total. The lowest BCUT2D eigenvalue weighted by molar-refractivity contribution is -0.0597. The molecule has 0 saturated carbocycles. The zero-order valence-electron chi connectivity index (χ0n) is 23.5. The van der Waals surface area contributed by atoms with Crippen molar-refractivity contribution < 1.29 is 30.3 Å². The van der Waals surface area contributed by atoms with Gasteiger partial charge in [-0.15, -0.1) is 0 Å². The van der Waals surface area contributed by atoms with E-state index in [2.05, 4.69) is 40.2 Å². The first-order chi connectivity index (χ1) is 19.7. The molecule has 0 spiro atoms. The van der Waals surface area contributed by atoms with Gasteiger partial charge in [-0.1, -0.05) is 104 Å². The van der Waals surface area contributed by atoms with Crippen LogP contribution in [0.5, 0.6) is 0 Å². The smallest absolute Gasteiger partial charge is 0.400 e. The zero-order valence-corrected chi connectivity index (χ0v) is 25.3. The number of nitrogens with zero attached hydrogens (tertiary/aromatic N) is 3. The average molecular weight is 614 g/mol. The Kier molecular flexibility index (Phi) is 9.00. The highest BCUT2D eigenvalue weighted by Gasteiger charge is 2.50. The summed E-state index contributed by atoms with van der Waals surface area (Å²) in [6.45, 7) is 7.96. The summed E-state index contributed by atoms with van der Waals surface area (Å²) >= 11 is 0. The van der Waals surface area contributed by atoms with Crippen LogP contribution in [0.15, 0.2) is 107 Å². The molecule has 0 atom stereocenters. The zero-order chi connectivity index (χ0) is 30.6. The highest BCUT2D eigenvalue weighted by molar-refractivity contribution is 7.86. The molecule has 0 aliphatic heterocycles. The van der Waals surface area contributed by atoms with Gasteiger partial charge in [0.25, 0.3) is 8.32 Å². The molecule has 12 heteroatoms. The van der Waals surface area contributed by atoms with Crippen molar-refractivity contribution in [3.8, 4) is 0 Å². The number of rotatable bonds is 9. The van der Waals surface area contributed by atoms with Crippen LogP contribution < -0.4 is 10.4 Å². The second-order valence-electron chi connectivity index (χ2n) is 10.6. The largest absolute Gasteiger partial charge is 0.437 e. The quantitative estimate of drug-likeness (QED) is 0.140. The third-order valence-corrected chi connectivity index (χ3v) is 12.7. The van der Waals surface area contributed by atoms with Crippen LogP contribution in [0.25, 0.3) is 0 Å². The molecule has 0 amide bonds. The van der Waals surface area contributed by atoms with E-state index in [0.717, 1.165) is 28.3 Å². The van der Waals surface area contributed by atoms with Crippen LogP contribution in [-0.4, -0.2) is 38.6 Å². The number of benzene rings is 3. The minimum atomic E-state index is -5.04. The van der Waals surface area contributed by atoms with Gasteiger partial charge >= 0.3 is 16.3 Å². The molecule has 0 fully saturated rings. The van der Waals surface area contributed by atoms with E-state index in [4.69, 9.17) is 4.43 Å². The lowest BCUT2D eigenvalue weighted by Gasteiger charge is -2.42. The number of halogens is 3. The topological polar surface area (TPSA) is 90.7 Å². The van der Waals surface area contributed by atoms with Crippen LogP contribution in [0.1, 0.15) is 37.7 Å². The summed E-state index contributed by atoms with van der Waals surface area (Å²) in [5, 5.41) is 4.69. The van der Waals surface area contributed by atoms with E-state index < -0.39 is 35.9 Å². The summed E-state index contributed by atoms with van der Waals surface area (Å²) in [6, 6.07) is 25.1. The van der Waals surface area contributed by atoms with E-state index in [9.17, 15) is 21.6 Å². The predicted molar refractivity (Wildman–Crippen MR) is 156 cm³/mol. The summed E-state index contributed by atoms with van der Waals surface area (Å²) in [5.74, 6) is 0.154. The molecule has 1 heterocycles. The monoisotopic (exact) mass is 613 g/mol. The van der Waals surface area contributed by atoms with E-state index >= 15 is 0 Å². The van der Waals surface area contributed by atoms with Crippen molar-refractivity contribution >= 4 is 34.5 Å². The lowest BCUT2D eigenvalue weighted by Crippen LogP contribution is -2.66. The molecule has 0 saturated heterocycles. The van der Waals surface area contributed by atoms with Gasteiger partial charge in [0.1, 0.15) is 4.90 Å². The SMILES string of the molecule is Cc1ccc(S(=O)(=O)ON=C(c2cnc(CO[Si](c3ccccc3)(c3ccccc3)C(C)(C)C)nc2)C(F)(F)F)cc1. The number of hydrogen-bond donors (Lipinski definition) is 0. The summed E-state index contributed by atoms with van der Waals surface area (Å²) in [5.41, 5.74) is -1.38. The molecule has 4 rings (SSSR count). The lowest BCUT2D eigenvalue weighted by atomic mass is 10.2. The minimum absolute atomic E-state index is 0.0651. The fraction of sp³-hybridized carbons (Fsp3) is 0.233. The van der Waals surface area contributed by atoms with Crippen molar-refractivity contribution in [2.24, 2.45) is 5.16 Å². The Labute approximate surface area is 244 Å². The Bertz CT molecular complexity index is 1590. The van der Waals surface area contributed by atoms with E-state index in [1.54, 1.807) is 6.92 Å². The first-order valence-corrected chi connectivity index (χ1v) is 16.3. The average Bonchev–Trinajstić information content (AvgIpc) is 2.94. The van der Waals surface area contributed by atoms with Crippen molar-refractivity contribution in [3.05, 3.63) is 114 Å². The summed E-state index contributed by atoms with van der Waals surface area (Å²) in [4.78, 5) is 7.87. The second kappa shape index (κ2) is 12.2. The van der Waals surface area contributed by atoms with Gasteiger partial charge in [0.2, 0.25) is 0 Å². The van der Waals surface area contributed by atoms with Crippen molar-refractivity contribution in [2.75, 3.05) is 0 Å². The summed E-state index contributed by atoms with van der Waals surface area (Å²) in [7, 11) is -7.52. The molecule has 3 aromatic carbocycles. The molecule has 0 radical (unpaired) electrons. The molecule has 0 aliphatic rings. The van der Waals surface area contributed by atoms with Gasteiger partial charge in [-0.3, -0.25) is 4.28 Å². The predicted octanol–water partition coefficient (Wildman–Crippen LogP) is 5.53. The Morgan fingerprint density at radius 3 is 1.79 bits per heavy atom. The number of oxime groups is 1. The molecular weight excluding hydrogens is 583 g/mol. The standard InChI is InChI=1S/C30H30F3N3O4SSi/c1-22-15-17-24(18-16-22)41(37,38)40-36-28(30(31,32)33)23-19-34-27(35-20-23)21-39-42(29(2,3)4,25-11-7-5-8-12-25)26-13-9-6-10-14-26/h5-20H,21H2,1-4H3. The van der Waals surface area contributed by atoms with Crippen LogP contribution >= 0.6 is 0 Å². The second-order valence-corrected chi connectivity index (χ2v) is 16.5.